The van der Waals surface area contributed by atoms with Crippen molar-refractivity contribution in [3.8, 4) is 0 Å². The summed E-state index contributed by atoms with van der Waals surface area (Å²) in [6, 6.07) is 1.61. The largest absolute Gasteiger partial charge is 0.298 e. The number of hydrogen-bond donors (Lipinski definition) is 0. The number of rotatable bonds is 2. The van der Waals surface area contributed by atoms with Gasteiger partial charge in [-0.15, -0.1) is 0 Å². The highest BCUT2D eigenvalue weighted by atomic mass is 15.2. The molecular weight excluding hydrogens is 134 g/mol. The Kier molecular flexibility index (Phi) is 2.94. The molecule has 2 atom stereocenters. The van der Waals surface area contributed by atoms with E-state index in [-0.39, 0.29) is 0 Å². The minimum atomic E-state index is 0.741. The summed E-state index contributed by atoms with van der Waals surface area (Å²) in [5, 5.41) is 0. The van der Waals surface area contributed by atoms with Crippen molar-refractivity contribution in [1.82, 2.24) is 4.90 Å². The molecule has 0 aromatic heterocycles. The zero-order valence-corrected chi connectivity index (χ0v) is 8.30. The summed E-state index contributed by atoms with van der Waals surface area (Å²) in [7, 11) is 0. The van der Waals surface area contributed by atoms with Gasteiger partial charge in [0.25, 0.3) is 0 Å². The fourth-order valence-electron chi connectivity index (χ4n) is 2.22. The van der Waals surface area contributed by atoms with Crippen molar-refractivity contribution >= 4 is 0 Å². The van der Waals surface area contributed by atoms with Crippen molar-refractivity contribution in [3.05, 3.63) is 0 Å². The van der Waals surface area contributed by atoms with E-state index in [4.69, 9.17) is 0 Å². The van der Waals surface area contributed by atoms with Gasteiger partial charge in [0, 0.05) is 18.6 Å². The van der Waals surface area contributed by atoms with Gasteiger partial charge in [0.05, 0.1) is 0 Å². The van der Waals surface area contributed by atoms with E-state index in [1.807, 2.05) is 0 Å². The lowest BCUT2D eigenvalue weighted by Crippen LogP contribution is -2.35. The minimum Gasteiger partial charge on any atom is -0.298 e. The van der Waals surface area contributed by atoms with Crippen LogP contribution >= 0.6 is 0 Å². The smallest absolute Gasteiger partial charge is 0.00984 e. The zero-order chi connectivity index (χ0) is 8.43. The summed E-state index contributed by atoms with van der Waals surface area (Å²) < 4.78 is 0. The quantitative estimate of drug-likeness (QED) is 0.592. The molecule has 0 bridgehead atoms. The van der Waals surface area contributed by atoms with E-state index < -0.39 is 0 Å². The van der Waals surface area contributed by atoms with Crippen LogP contribution in [0.3, 0.4) is 0 Å². The first-order valence-electron chi connectivity index (χ1n) is 4.90. The fourth-order valence-corrected chi connectivity index (χ4v) is 2.22. The summed E-state index contributed by atoms with van der Waals surface area (Å²) in [6.07, 6.45) is 2.73. The normalized spacial score (nSPS) is 33.5. The summed E-state index contributed by atoms with van der Waals surface area (Å²) in [5.74, 6) is 0.919. The first kappa shape index (κ1) is 9.05. The predicted octanol–water partition coefficient (Wildman–Crippen LogP) is 2.52. The molecule has 1 saturated heterocycles. The second-order valence-corrected chi connectivity index (χ2v) is 4.19. The molecule has 1 aliphatic heterocycles. The topological polar surface area (TPSA) is 3.24 Å². The monoisotopic (exact) mass is 155 g/mol. The van der Waals surface area contributed by atoms with Gasteiger partial charge >= 0.3 is 0 Å². The number of hydrogen-bond acceptors (Lipinski definition) is 1. The third-order valence-electron chi connectivity index (χ3n) is 2.80. The molecule has 0 radical (unpaired) electrons. The van der Waals surface area contributed by atoms with E-state index in [1.165, 1.54) is 19.4 Å². The Morgan fingerprint density at radius 2 is 2.09 bits per heavy atom. The van der Waals surface area contributed by atoms with Crippen LogP contribution in [0, 0.1) is 5.92 Å². The van der Waals surface area contributed by atoms with Crippen molar-refractivity contribution in [2.45, 2.75) is 52.6 Å². The summed E-state index contributed by atoms with van der Waals surface area (Å²) in [4.78, 5) is 2.64. The molecule has 1 rings (SSSR count). The highest BCUT2D eigenvalue weighted by Gasteiger charge is 2.29. The van der Waals surface area contributed by atoms with Crippen LogP contribution in [0.15, 0.2) is 0 Å². The molecule has 0 spiro atoms. The van der Waals surface area contributed by atoms with Crippen LogP contribution in [-0.4, -0.2) is 23.5 Å². The highest BCUT2D eigenvalue weighted by Crippen LogP contribution is 2.26. The summed E-state index contributed by atoms with van der Waals surface area (Å²) >= 11 is 0. The van der Waals surface area contributed by atoms with Crippen molar-refractivity contribution in [2.75, 3.05) is 6.54 Å². The van der Waals surface area contributed by atoms with Gasteiger partial charge in [-0.1, -0.05) is 13.8 Å². The maximum absolute atomic E-state index is 2.64. The third-order valence-corrected chi connectivity index (χ3v) is 2.80. The van der Waals surface area contributed by atoms with E-state index in [1.54, 1.807) is 0 Å². The standard InChI is InChI=1S/C10H21N/c1-5-10-6-9(4)7-11(10)8(2)3/h8-10H,5-7H2,1-4H3/t9-,10-/m1/s1. The number of nitrogens with zero attached hydrogens (tertiary/aromatic N) is 1. The van der Waals surface area contributed by atoms with Crippen LogP contribution in [0.25, 0.3) is 0 Å². The van der Waals surface area contributed by atoms with Crippen LogP contribution in [0.2, 0.25) is 0 Å². The maximum atomic E-state index is 2.64. The van der Waals surface area contributed by atoms with E-state index in [2.05, 4.69) is 32.6 Å². The lowest BCUT2D eigenvalue weighted by atomic mass is 10.1. The van der Waals surface area contributed by atoms with Crippen molar-refractivity contribution in [1.29, 1.82) is 0 Å². The Labute approximate surface area is 70.8 Å². The Morgan fingerprint density at radius 1 is 1.45 bits per heavy atom. The molecule has 0 saturated carbocycles. The van der Waals surface area contributed by atoms with Crippen LogP contribution in [0.1, 0.15) is 40.5 Å². The van der Waals surface area contributed by atoms with Crippen molar-refractivity contribution < 1.29 is 0 Å². The van der Waals surface area contributed by atoms with Gasteiger partial charge in [-0.3, -0.25) is 4.90 Å². The maximum Gasteiger partial charge on any atom is 0.00984 e. The summed E-state index contributed by atoms with van der Waals surface area (Å²) in [6.45, 7) is 10.6. The van der Waals surface area contributed by atoms with E-state index >= 15 is 0 Å². The molecule has 0 aromatic rings. The van der Waals surface area contributed by atoms with Crippen LogP contribution in [-0.2, 0) is 0 Å². The first-order valence-corrected chi connectivity index (χ1v) is 4.90. The van der Waals surface area contributed by atoms with Gasteiger partial charge in [-0.05, 0) is 32.6 Å². The van der Waals surface area contributed by atoms with Crippen LogP contribution < -0.4 is 0 Å². The van der Waals surface area contributed by atoms with E-state index in [9.17, 15) is 0 Å². The lowest BCUT2D eigenvalue weighted by molar-refractivity contribution is 0.197. The second kappa shape index (κ2) is 3.57. The second-order valence-electron chi connectivity index (χ2n) is 4.19. The Bertz CT molecular complexity index is 120. The van der Waals surface area contributed by atoms with Crippen molar-refractivity contribution in [2.24, 2.45) is 5.92 Å². The van der Waals surface area contributed by atoms with Gasteiger partial charge in [0.1, 0.15) is 0 Å². The Morgan fingerprint density at radius 3 is 2.45 bits per heavy atom. The third kappa shape index (κ3) is 1.96. The first-order chi connectivity index (χ1) is 5.15. The van der Waals surface area contributed by atoms with E-state index in [0.717, 1.165) is 18.0 Å². The number of likely N-dealkylation sites (tertiary alicyclic amines) is 1. The molecule has 1 heteroatoms. The van der Waals surface area contributed by atoms with Gasteiger partial charge < -0.3 is 0 Å². The molecule has 0 unspecified atom stereocenters. The molecule has 0 aromatic carbocycles. The molecule has 1 fully saturated rings. The molecule has 1 aliphatic rings. The minimum absolute atomic E-state index is 0.741. The SMILES string of the molecule is CC[C@@H]1C[C@@H](C)CN1C(C)C. The molecule has 0 aliphatic carbocycles. The molecule has 1 nitrogen and oxygen atoms in total. The van der Waals surface area contributed by atoms with E-state index in [0.29, 0.717) is 0 Å². The Hall–Kier alpha value is -0.0400. The van der Waals surface area contributed by atoms with Gasteiger partial charge in [0.15, 0.2) is 0 Å². The van der Waals surface area contributed by atoms with Gasteiger partial charge in [0.2, 0.25) is 0 Å². The average molecular weight is 155 g/mol. The summed E-state index contributed by atoms with van der Waals surface area (Å²) in [5.41, 5.74) is 0. The van der Waals surface area contributed by atoms with Gasteiger partial charge in [-0.25, -0.2) is 0 Å². The lowest BCUT2D eigenvalue weighted by Gasteiger charge is -2.27. The molecule has 66 valence electrons. The molecule has 11 heavy (non-hydrogen) atoms. The van der Waals surface area contributed by atoms with Crippen molar-refractivity contribution in [3.63, 3.8) is 0 Å². The van der Waals surface area contributed by atoms with Gasteiger partial charge in [-0.2, -0.15) is 0 Å². The average Bonchev–Trinajstić information content (AvgIpc) is 2.30. The zero-order valence-electron chi connectivity index (χ0n) is 8.30. The van der Waals surface area contributed by atoms with Crippen LogP contribution in [0.5, 0.6) is 0 Å². The highest BCUT2D eigenvalue weighted by molar-refractivity contribution is 4.84. The van der Waals surface area contributed by atoms with Crippen LogP contribution in [0.4, 0.5) is 0 Å². The predicted molar refractivity (Wildman–Crippen MR) is 49.7 cm³/mol. The molecule has 1 heterocycles. The Balaban J connectivity index is 2.50. The molecule has 0 N–H and O–H groups in total. The molecular formula is C10H21N. The fraction of sp³-hybridized carbons (Fsp3) is 1.00. The molecule has 0 amide bonds.